The first-order chi connectivity index (χ1) is 3.73. The normalized spacial score (nSPS) is 4.30. The summed E-state index contributed by atoms with van der Waals surface area (Å²) in [6, 6.07) is 0. The van der Waals surface area contributed by atoms with Crippen LogP contribution in [0.3, 0.4) is 0 Å². The quantitative estimate of drug-likeness (QED) is 0.213. The summed E-state index contributed by atoms with van der Waals surface area (Å²) in [5.74, 6) is 0. The van der Waals surface area contributed by atoms with Gasteiger partial charge in [-0.3, -0.25) is 0 Å². The maximum atomic E-state index is 8.52. The van der Waals surface area contributed by atoms with Gasteiger partial charge in [0, 0.05) is 0 Å². The maximum Gasteiger partial charge on any atom is 1.00 e. The molecule has 50 valence electrons. The summed E-state index contributed by atoms with van der Waals surface area (Å²) >= 11 is 0. The van der Waals surface area contributed by atoms with E-state index in [1.807, 2.05) is 0 Å². The SMILES string of the molecule is C=C.C=C.O=[PH]([O-])[O-].[Na+].[Na+]. The van der Waals surface area contributed by atoms with E-state index in [1.54, 1.807) is 0 Å². The van der Waals surface area contributed by atoms with Gasteiger partial charge in [-0.1, -0.05) is 8.25 Å². The first-order valence-electron chi connectivity index (χ1n) is 1.61. The van der Waals surface area contributed by atoms with Gasteiger partial charge in [-0.25, -0.2) is 0 Å². The Hall–Kier alpha value is 1.63. The van der Waals surface area contributed by atoms with E-state index in [2.05, 4.69) is 26.3 Å². The molecule has 0 aliphatic heterocycles. The Labute approximate surface area is 107 Å². The van der Waals surface area contributed by atoms with Crippen molar-refractivity contribution in [3.05, 3.63) is 26.3 Å². The zero-order valence-electron chi connectivity index (χ0n) is 6.55. The second-order valence-electron chi connectivity index (χ2n) is 0.250. The Morgan fingerprint density at radius 1 is 0.900 bits per heavy atom. The van der Waals surface area contributed by atoms with Gasteiger partial charge in [-0.15, -0.1) is 26.3 Å². The van der Waals surface area contributed by atoms with Gasteiger partial charge < -0.3 is 14.4 Å². The van der Waals surface area contributed by atoms with Crippen molar-refractivity contribution >= 4 is 8.25 Å². The van der Waals surface area contributed by atoms with Crippen molar-refractivity contribution in [1.82, 2.24) is 0 Å². The zero-order valence-corrected chi connectivity index (χ0v) is 11.6. The van der Waals surface area contributed by atoms with E-state index in [0.717, 1.165) is 0 Å². The van der Waals surface area contributed by atoms with Crippen molar-refractivity contribution in [3.8, 4) is 0 Å². The Morgan fingerprint density at radius 3 is 0.900 bits per heavy atom. The monoisotopic (exact) mass is 182 g/mol. The summed E-state index contributed by atoms with van der Waals surface area (Å²) in [5.41, 5.74) is 0. The smallest absolute Gasteiger partial charge is 0.813 e. The molecule has 0 aromatic heterocycles. The molecule has 0 atom stereocenters. The van der Waals surface area contributed by atoms with Crippen LogP contribution in [-0.4, -0.2) is 0 Å². The molecule has 0 aromatic rings. The van der Waals surface area contributed by atoms with Crippen LogP contribution < -0.4 is 68.9 Å². The second kappa shape index (κ2) is 46.0. The molecule has 6 heteroatoms. The summed E-state index contributed by atoms with van der Waals surface area (Å²) in [4.78, 5) is 17.0. The van der Waals surface area contributed by atoms with Crippen molar-refractivity contribution in [3.63, 3.8) is 0 Å². The first kappa shape index (κ1) is 29.9. The third-order valence-electron chi connectivity index (χ3n) is 0. The molecule has 0 heterocycles. The van der Waals surface area contributed by atoms with Crippen molar-refractivity contribution in [1.29, 1.82) is 0 Å². The van der Waals surface area contributed by atoms with Gasteiger partial charge in [0.2, 0.25) is 0 Å². The average molecular weight is 182 g/mol. The average Bonchev–Trinajstić information content (AvgIpc) is 1.75. The van der Waals surface area contributed by atoms with E-state index >= 15 is 0 Å². The zero-order chi connectivity index (χ0) is 7.58. The molecule has 0 aromatic carbocycles. The van der Waals surface area contributed by atoms with E-state index in [-0.39, 0.29) is 59.1 Å². The van der Waals surface area contributed by atoms with Gasteiger partial charge in [0.05, 0.1) is 0 Å². The predicted molar refractivity (Wildman–Crippen MR) is 31.5 cm³/mol. The molecule has 0 saturated carbocycles. The molecule has 0 N–H and O–H groups in total. The standard InChI is InChI=1S/2C2H4.2Na.H3O3P/c2*1-2;;;1-4(2)3/h2*1-2H2;;;4H,(H2,1,2,3)/q;;2*+1;/p-2. The van der Waals surface area contributed by atoms with Crippen LogP contribution >= 0.6 is 8.25 Å². The summed E-state index contributed by atoms with van der Waals surface area (Å²) < 4.78 is 8.52. The molecule has 0 amide bonds. The molecule has 3 nitrogen and oxygen atoms in total. The van der Waals surface area contributed by atoms with E-state index in [1.165, 1.54) is 0 Å². The molecule has 0 aliphatic rings. The Kier molecular flexibility index (Phi) is 137. The molecule has 0 fully saturated rings. The van der Waals surface area contributed by atoms with Gasteiger partial charge in [0.25, 0.3) is 0 Å². The molecular weight excluding hydrogens is 173 g/mol. The third kappa shape index (κ3) is 270. The van der Waals surface area contributed by atoms with Crippen molar-refractivity contribution in [2.24, 2.45) is 0 Å². The van der Waals surface area contributed by atoms with Crippen LogP contribution in [0.1, 0.15) is 0 Å². The largest absolute Gasteiger partial charge is 1.00 e. The van der Waals surface area contributed by atoms with Crippen LogP contribution in [0.2, 0.25) is 0 Å². The maximum absolute atomic E-state index is 8.52. The molecule has 0 saturated heterocycles. The summed E-state index contributed by atoms with van der Waals surface area (Å²) in [6.07, 6.45) is 0. The Morgan fingerprint density at radius 2 is 0.900 bits per heavy atom. The molecular formula is C4H9Na2O3P. The molecule has 0 bridgehead atoms. The van der Waals surface area contributed by atoms with Crippen molar-refractivity contribution in [2.45, 2.75) is 0 Å². The molecule has 0 aliphatic carbocycles. The molecule has 0 rings (SSSR count). The summed E-state index contributed by atoms with van der Waals surface area (Å²) in [7, 11) is -3.63. The number of hydrogen-bond donors (Lipinski definition) is 0. The predicted octanol–water partition coefficient (Wildman–Crippen LogP) is -6.29. The van der Waals surface area contributed by atoms with E-state index in [0.29, 0.717) is 0 Å². The van der Waals surface area contributed by atoms with Crippen LogP contribution in [0.15, 0.2) is 26.3 Å². The minimum Gasteiger partial charge on any atom is -0.813 e. The van der Waals surface area contributed by atoms with Gasteiger partial charge in [0.15, 0.2) is 0 Å². The van der Waals surface area contributed by atoms with Gasteiger partial charge >= 0.3 is 59.1 Å². The summed E-state index contributed by atoms with van der Waals surface area (Å²) in [5, 5.41) is 0. The van der Waals surface area contributed by atoms with Crippen LogP contribution in [0, 0.1) is 0 Å². The van der Waals surface area contributed by atoms with Crippen LogP contribution in [0.25, 0.3) is 0 Å². The van der Waals surface area contributed by atoms with Crippen molar-refractivity contribution < 1.29 is 73.5 Å². The van der Waals surface area contributed by atoms with Gasteiger partial charge in [0.1, 0.15) is 0 Å². The van der Waals surface area contributed by atoms with Gasteiger partial charge in [-0.05, 0) is 0 Å². The number of hydrogen-bond acceptors (Lipinski definition) is 3. The fraction of sp³-hybridized carbons (Fsp3) is 0. The Balaban J connectivity index is -0.0000000125. The minimum absolute atomic E-state index is 0. The van der Waals surface area contributed by atoms with Crippen LogP contribution in [0.4, 0.5) is 0 Å². The fourth-order valence-corrected chi connectivity index (χ4v) is 0. The molecule has 0 radical (unpaired) electrons. The Bertz CT molecular complexity index is 56.5. The van der Waals surface area contributed by atoms with Crippen molar-refractivity contribution in [2.75, 3.05) is 0 Å². The molecule has 0 unspecified atom stereocenters. The van der Waals surface area contributed by atoms with E-state index in [9.17, 15) is 0 Å². The topological polar surface area (TPSA) is 63.2 Å². The molecule has 0 spiro atoms. The van der Waals surface area contributed by atoms with E-state index < -0.39 is 8.25 Å². The second-order valence-corrected chi connectivity index (χ2v) is 0.750. The first-order valence-corrected chi connectivity index (χ1v) is 2.84. The van der Waals surface area contributed by atoms with E-state index in [4.69, 9.17) is 14.4 Å². The van der Waals surface area contributed by atoms with Crippen LogP contribution in [-0.2, 0) is 4.57 Å². The number of rotatable bonds is 0. The van der Waals surface area contributed by atoms with Gasteiger partial charge in [-0.2, -0.15) is 0 Å². The molecule has 10 heavy (non-hydrogen) atoms. The fourth-order valence-electron chi connectivity index (χ4n) is 0. The van der Waals surface area contributed by atoms with Crippen LogP contribution in [0.5, 0.6) is 0 Å². The summed E-state index contributed by atoms with van der Waals surface area (Å²) in [6.45, 7) is 12.0. The third-order valence-corrected chi connectivity index (χ3v) is 0. The minimum atomic E-state index is -3.63.